The summed E-state index contributed by atoms with van der Waals surface area (Å²) < 4.78 is 17.0. The minimum Gasteiger partial charge on any atom is -0.476 e. The Morgan fingerprint density at radius 1 is 1.09 bits per heavy atom. The summed E-state index contributed by atoms with van der Waals surface area (Å²) in [6.45, 7) is 20.1. The van der Waals surface area contributed by atoms with Gasteiger partial charge in [-0.2, -0.15) is 0 Å². The van der Waals surface area contributed by atoms with E-state index in [1.807, 2.05) is 39.8 Å². The minimum atomic E-state index is -1.04. The fourth-order valence-electron chi connectivity index (χ4n) is 6.23. The van der Waals surface area contributed by atoms with Gasteiger partial charge in [-0.1, -0.05) is 19.8 Å². The Hall–Kier alpha value is -3.34. The summed E-state index contributed by atoms with van der Waals surface area (Å²) in [5.41, 5.74) is -0.996. The number of piperidine rings is 1. The quantitative estimate of drug-likeness (QED) is 0.277. The summed E-state index contributed by atoms with van der Waals surface area (Å²) in [7, 11) is 1.62. The second-order valence-electron chi connectivity index (χ2n) is 15.4. The molecule has 0 aromatic heterocycles. The molecule has 0 saturated carbocycles. The van der Waals surface area contributed by atoms with Crippen LogP contribution in [0.3, 0.4) is 0 Å². The van der Waals surface area contributed by atoms with Gasteiger partial charge in [0.25, 0.3) is 5.91 Å². The van der Waals surface area contributed by atoms with Crippen molar-refractivity contribution >= 4 is 35.2 Å². The second-order valence-corrected chi connectivity index (χ2v) is 15.4. The zero-order valence-corrected chi connectivity index (χ0v) is 30.5. The van der Waals surface area contributed by atoms with Crippen molar-refractivity contribution in [2.45, 2.75) is 124 Å². The van der Waals surface area contributed by atoms with Crippen LogP contribution in [-0.4, -0.2) is 84.8 Å². The number of anilines is 2. The first-order valence-corrected chi connectivity index (χ1v) is 17.1. The van der Waals surface area contributed by atoms with Gasteiger partial charge in [-0.25, -0.2) is 4.79 Å². The highest BCUT2D eigenvalue weighted by Gasteiger charge is 2.43. The number of unbranched alkanes of at least 4 members (excludes halogenated alkanes) is 1. The van der Waals surface area contributed by atoms with Crippen LogP contribution in [0.25, 0.3) is 0 Å². The van der Waals surface area contributed by atoms with Crippen LogP contribution in [0.1, 0.15) is 101 Å². The molecule has 2 heterocycles. The molecule has 3 rings (SSSR count). The number of methoxy groups -OCH3 is 1. The number of hydrogen-bond acceptors (Lipinski definition) is 7. The molecule has 1 N–H and O–H groups in total. The molecule has 0 bridgehead atoms. The Labute approximate surface area is 281 Å². The Morgan fingerprint density at radius 3 is 2.34 bits per heavy atom. The molecule has 1 aromatic carbocycles. The van der Waals surface area contributed by atoms with Gasteiger partial charge in [-0.3, -0.25) is 14.4 Å². The molecule has 1 saturated heterocycles. The van der Waals surface area contributed by atoms with E-state index in [9.17, 15) is 19.2 Å². The van der Waals surface area contributed by atoms with E-state index in [0.717, 1.165) is 19.3 Å². The van der Waals surface area contributed by atoms with E-state index in [1.165, 1.54) is 4.90 Å². The van der Waals surface area contributed by atoms with Crippen LogP contribution in [-0.2, 0) is 23.9 Å². The van der Waals surface area contributed by atoms with Crippen LogP contribution in [0, 0.1) is 11.8 Å². The number of ether oxygens (including phenoxy) is 3. The van der Waals surface area contributed by atoms with Crippen molar-refractivity contribution in [3.05, 3.63) is 18.2 Å². The Kier molecular flexibility index (Phi) is 12.4. The van der Waals surface area contributed by atoms with Crippen molar-refractivity contribution in [2.24, 2.45) is 11.8 Å². The fourth-order valence-corrected chi connectivity index (χ4v) is 6.23. The average molecular weight is 659 g/mol. The number of fused-ring (bicyclic) bond motifs is 1. The molecule has 0 unspecified atom stereocenters. The molecule has 0 spiro atoms. The lowest BCUT2D eigenvalue weighted by Gasteiger charge is -2.41. The van der Waals surface area contributed by atoms with Crippen LogP contribution in [0.2, 0.25) is 0 Å². The zero-order valence-electron chi connectivity index (χ0n) is 30.5. The van der Waals surface area contributed by atoms with E-state index in [4.69, 9.17) is 14.2 Å². The third-order valence-electron chi connectivity index (χ3n) is 8.56. The molecular weight excluding hydrogens is 600 g/mol. The van der Waals surface area contributed by atoms with E-state index < -0.39 is 34.7 Å². The van der Waals surface area contributed by atoms with Crippen LogP contribution in [0.4, 0.5) is 16.2 Å². The van der Waals surface area contributed by atoms with Crippen molar-refractivity contribution in [1.82, 2.24) is 10.2 Å². The molecule has 4 amide bonds. The normalized spacial score (nSPS) is 19.6. The summed E-state index contributed by atoms with van der Waals surface area (Å²) in [6, 6.07) is 5.19. The highest BCUT2D eigenvalue weighted by molar-refractivity contribution is 6.04. The summed E-state index contributed by atoms with van der Waals surface area (Å²) in [5, 5.41) is 3.18. The van der Waals surface area contributed by atoms with Crippen molar-refractivity contribution < 1.29 is 33.4 Å². The van der Waals surface area contributed by atoms with Crippen LogP contribution < -0.4 is 19.9 Å². The molecule has 47 heavy (non-hydrogen) atoms. The molecule has 11 nitrogen and oxygen atoms in total. The van der Waals surface area contributed by atoms with E-state index in [1.54, 1.807) is 57.6 Å². The number of carbonyl (C=O) groups excluding carboxylic acids is 4. The smallest absolute Gasteiger partial charge is 0.410 e. The predicted molar refractivity (Wildman–Crippen MR) is 184 cm³/mol. The molecule has 264 valence electrons. The molecule has 1 fully saturated rings. The maximum Gasteiger partial charge on any atom is 0.410 e. The maximum absolute atomic E-state index is 14.5. The summed E-state index contributed by atoms with van der Waals surface area (Å²) >= 11 is 0. The van der Waals surface area contributed by atoms with E-state index in [2.05, 4.69) is 12.2 Å². The molecule has 1 aromatic rings. The lowest BCUT2D eigenvalue weighted by atomic mass is 9.86. The molecule has 2 aliphatic rings. The number of nitrogens with zero attached hydrogens (tertiary/aromatic N) is 3. The number of benzene rings is 1. The number of hydrogen-bond donors (Lipinski definition) is 1. The largest absolute Gasteiger partial charge is 0.476 e. The van der Waals surface area contributed by atoms with Crippen molar-refractivity contribution in [1.29, 1.82) is 0 Å². The molecular formula is C36H58N4O7. The molecule has 2 atom stereocenters. The summed E-state index contributed by atoms with van der Waals surface area (Å²) in [4.78, 5) is 59.9. The Morgan fingerprint density at radius 2 is 1.74 bits per heavy atom. The van der Waals surface area contributed by atoms with Gasteiger partial charge >= 0.3 is 6.09 Å². The van der Waals surface area contributed by atoms with Crippen LogP contribution in [0.15, 0.2) is 18.2 Å². The third kappa shape index (κ3) is 9.84. The Balaban J connectivity index is 1.97. The lowest BCUT2D eigenvalue weighted by Crippen LogP contribution is -2.56. The van der Waals surface area contributed by atoms with Crippen molar-refractivity contribution in [3.63, 3.8) is 0 Å². The number of carbonyl (C=O) groups is 4. The molecule has 11 heteroatoms. The van der Waals surface area contributed by atoms with Crippen LogP contribution >= 0.6 is 0 Å². The standard InChI is InChI=1S/C36H58N4O7/c1-12-13-17-35(7,8)37-30(41)25-20-26(23-38(22-25)33(44)47-34(4,5)6)31(42)40(24(2)3)27-15-16-29-28(21-27)39(18-14-19-45-11)32(43)36(9,10)46-29/h15-16,21,24-26H,12-14,17-20,22-23H2,1-11H3,(H,37,41)/t25-,26+/m0/s1. The fraction of sp³-hybridized carbons (Fsp3) is 0.722. The topological polar surface area (TPSA) is 118 Å². The van der Waals surface area contributed by atoms with Crippen molar-refractivity contribution in [3.8, 4) is 5.75 Å². The van der Waals surface area contributed by atoms with Gasteiger partial charge in [0.2, 0.25) is 11.8 Å². The minimum absolute atomic E-state index is 0.129. The second kappa shape index (κ2) is 15.3. The SMILES string of the molecule is CCCCC(C)(C)NC(=O)[C@H]1C[C@@H](C(=O)N(c2ccc3c(c2)N(CCCOC)C(=O)C(C)(C)O3)C(C)C)CN(C(=O)OC(C)(C)C)C1. The third-order valence-corrected chi connectivity index (χ3v) is 8.56. The molecule has 0 radical (unpaired) electrons. The first-order chi connectivity index (χ1) is 21.8. The van der Waals surface area contributed by atoms with Gasteiger partial charge in [-0.05, 0) is 99.8 Å². The number of nitrogens with one attached hydrogen (secondary N) is 1. The van der Waals surface area contributed by atoms with E-state index in [0.29, 0.717) is 43.1 Å². The maximum atomic E-state index is 14.5. The Bertz CT molecular complexity index is 1290. The molecule has 0 aliphatic carbocycles. The zero-order chi connectivity index (χ0) is 35.3. The summed E-state index contributed by atoms with van der Waals surface area (Å²) in [6.07, 6.45) is 3.20. The van der Waals surface area contributed by atoms with Gasteiger partial charge in [0.15, 0.2) is 5.60 Å². The van der Waals surface area contributed by atoms with Gasteiger partial charge in [-0.15, -0.1) is 0 Å². The monoisotopic (exact) mass is 658 g/mol. The van der Waals surface area contributed by atoms with Gasteiger partial charge in [0, 0.05) is 50.6 Å². The first-order valence-electron chi connectivity index (χ1n) is 17.1. The van der Waals surface area contributed by atoms with E-state index >= 15 is 0 Å². The number of rotatable bonds is 12. The predicted octanol–water partition coefficient (Wildman–Crippen LogP) is 5.93. The lowest BCUT2D eigenvalue weighted by molar-refractivity contribution is -0.133. The molecule has 2 aliphatic heterocycles. The highest BCUT2D eigenvalue weighted by atomic mass is 16.6. The van der Waals surface area contributed by atoms with Gasteiger partial charge in [0.1, 0.15) is 11.4 Å². The number of amides is 4. The summed E-state index contributed by atoms with van der Waals surface area (Å²) in [5.74, 6) is -1.23. The van der Waals surface area contributed by atoms with Crippen molar-refractivity contribution in [2.75, 3.05) is 43.2 Å². The van der Waals surface area contributed by atoms with Gasteiger partial charge in [0.05, 0.1) is 17.5 Å². The van der Waals surface area contributed by atoms with E-state index in [-0.39, 0.29) is 36.9 Å². The highest BCUT2D eigenvalue weighted by Crippen LogP contribution is 2.41. The number of likely N-dealkylation sites (tertiary alicyclic amines) is 1. The van der Waals surface area contributed by atoms with Crippen LogP contribution in [0.5, 0.6) is 5.75 Å². The average Bonchev–Trinajstić information content (AvgIpc) is 2.96. The first kappa shape index (κ1) is 38.1. The van der Waals surface area contributed by atoms with Gasteiger partial charge < -0.3 is 34.2 Å².